The topological polar surface area (TPSA) is 51.2 Å². The number of anilines is 1. The van der Waals surface area contributed by atoms with Crippen molar-refractivity contribution in [2.45, 2.75) is 11.3 Å². The third kappa shape index (κ3) is 4.58. The minimum Gasteiger partial charge on any atom is -0.494 e. The SMILES string of the molecule is CCOc1ccc2nc(SCC(=O)Nc3c(Cl)cccc3Cl)sc2c1. The van der Waals surface area contributed by atoms with E-state index in [4.69, 9.17) is 27.9 Å². The molecule has 0 radical (unpaired) electrons. The van der Waals surface area contributed by atoms with Gasteiger partial charge in [-0.2, -0.15) is 0 Å². The van der Waals surface area contributed by atoms with E-state index in [0.717, 1.165) is 20.3 Å². The summed E-state index contributed by atoms with van der Waals surface area (Å²) in [6, 6.07) is 10.9. The predicted molar refractivity (Wildman–Crippen MR) is 107 cm³/mol. The fourth-order valence-corrected chi connectivity index (χ4v) is 4.51. The maximum atomic E-state index is 12.2. The zero-order valence-corrected chi connectivity index (χ0v) is 16.4. The number of amides is 1. The second-order valence-electron chi connectivity index (χ2n) is 4.98. The average molecular weight is 413 g/mol. The van der Waals surface area contributed by atoms with E-state index >= 15 is 0 Å². The third-order valence-electron chi connectivity index (χ3n) is 3.21. The van der Waals surface area contributed by atoms with Gasteiger partial charge in [-0.05, 0) is 37.3 Å². The van der Waals surface area contributed by atoms with Crippen LogP contribution in [-0.2, 0) is 4.79 Å². The molecule has 1 N–H and O–H groups in total. The summed E-state index contributed by atoms with van der Waals surface area (Å²) in [4.78, 5) is 16.7. The van der Waals surface area contributed by atoms with Gasteiger partial charge in [0.2, 0.25) is 5.91 Å². The molecule has 130 valence electrons. The van der Waals surface area contributed by atoms with Crippen molar-refractivity contribution in [1.82, 2.24) is 4.98 Å². The highest BCUT2D eigenvalue weighted by atomic mass is 35.5. The third-order valence-corrected chi connectivity index (χ3v) is 6.00. The van der Waals surface area contributed by atoms with Crippen molar-refractivity contribution in [3.05, 3.63) is 46.4 Å². The molecule has 2 aromatic carbocycles. The highest BCUT2D eigenvalue weighted by Crippen LogP contribution is 2.33. The van der Waals surface area contributed by atoms with Crippen LogP contribution in [0.1, 0.15) is 6.92 Å². The number of thiazole rings is 1. The van der Waals surface area contributed by atoms with E-state index < -0.39 is 0 Å². The Kier molecular flexibility index (Phi) is 6.06. The van der Waals surface area contributed by atoms with Crippen LogP contribution < -0.4 is 10.1 Å². The Morgan fingerprint density at radius 2 is 2.04 bits per heavy atom. The molecule has 3 aromatic rings. The molecule has 0 aliphatic carbocycles. The maximum absolute atomic E-state index is 12.2. The second-order valence-corrected chi connectivity index (χ2v) is 8.04. The standard InChI is InChI=1S/C17H14Cl2N2O2S2/c1-2-23-10-6-7-13-14(8-10)25-17(20-13)24-9-15(22)21-16-11(18)4-3-5-12(16)19/h3-8H,2,9H2,1H3,(H,21,22). The van der Waals surface area contributed by atoms with Crippen molar-refractivity contribution < 1.29 is 9.53 Å². The van der Waals surface area contributed by atoms with Gasteiger partial charge in [0.05, 0.1) is 38.3 Å². The maximum Gasteiger partial charge on any atom is 0.234 e. The van der Waals surface area contributed by atoms with Gasteiger partial charge in [-0.1, -0.05) is 41.0 Å². The largest absolute Gasteiger partial charge is 0.494 e. The fourth-order valence-electron chi connectivity index (χ4n) is 2.12. The highest BCUT2D eigenvalue weighted by Gasteiger charge is 2.12. The van der Waals surface area contributed by atoms with Crippen LogP contribution in [0.5, 0.6) is 5.75 Å². The smallest absolute Gasteiger partial charge is 0.234 e. The van der Waals surface area contributed by atoms with E-state index in [1.54, 1.807) is 18.2 Å². The van der Waals surface area contributed by atoms with Gasteiger partial charge >= 0.3 is 0 Å². The van der Waals surface area contributed by atoms with E-state index in [0.29, 0.717) is 22.3 Å². The van der Waals surface area contributed by atoms with Crippen LogP contribution in [0.2, 0.25) is 10.0 Å². The molecule has 0 unspecified atom stereocenters. The summed E-state index contributed by atoms with van der Waals surface area (Å²) in [5.74, 6) is 0.857. The number of rotatable bonds is 6. The van der Waals surface area contributed by atoms with Crippen molar-refractivity contribution in [2.75, 3.05) is 17.7 Å². The van der Waals surface area contributed by atoms with Crippen LogP contribution in [0.3, 0.4) is 0 Å². The lowest BCUT2D eigenvalue weighted by atomic mass is 10.3. The number of thioether (sulfide) groups is 1. The predicted octanol–water partition coefficient (Wildman–Crippen LogP) is 5.73. The Bertz CT molecular complexity index is 895. The molecule has 8 heteroatoms. The number of hydrogen-bond donors (Lipinski definition) is 1. The van der Waals surface area contributed by atoms with Crippen LogP contribution in [0.25, 0.3) is 10.2 Å². The lowest BCUT2D eigenvalue weighted by Gasteiger charge is -2.08. The average Bonchev–Trinajstić information content (AvgIpc) is 2.99. The van der Waals surface area contributed by atoms with Crippen LogP contribution >= 0.6 is 46.3 Å². The van der Waals surface area contributed by atoms with Gasteiger partial charge in [0.25, 0.3) is 0 Å². The number of carbonyl (C=O) groups excluding carboxylic acids is 1. The number of aromatic nitrogens is 1. The number of nitrogens with zero attached hydrogens (tertiary/aromatic N) is 1. The number of para-hydroxylation sites is 1. The summed E-state index contributed by atoms with van der Waals surface area (Å²) in [6.45, 7) is 2.57. The van der Waals surface area contributed by atoms with E-state index in [1.165, 1.54) is 23.1 Å². The van der Waals surface area contributed by atoms with Crippen LogP contribution in [0.4, 0.5) is 5.69 Å². The van der Waals surface area contributed by atoms with E-state index in [9.17, 15) is 4.79 Å². The molecule has 25 heavy (non-hydrogen) atoms. The molecule has 0 saturated heterocycles. The van der Waals surface area contributed by atoms with Crippen molar-refractivity contribution in [3.8, 4) is 5.75 Å². The molecule has 1 amide bonds. The Balaban J connectivity index is 1.65. The van der Waals surface area contributed by atoms with Gasteiger partial charge in [0.1, 0.15) is 5.75 Å². The summed E-state index contributed by atoms with van der Waals surface area (Å²) in [5, 5.41) is 3.56. The number of ether oxygens (including phenoxy) is 1. The van der Waals surface area contributed by atoms with Gasteiger partial charge in [-0.25, -0.2) is 4.98 Å². The summed E-state index contributed by atoms with van der Waals surface area (Å²) in [5.41, 5.74) is 1.33. The minimum atomic E-state index is -0.186. The van der Waals surface area contributed by atoms with Gasteiger partial charge in [0, 0.05) is 0 Å². The van der Waals surface area contributed by atoms with Crippen molar-refractivity contribution >= 4 is 68.1 Å². The molecule has 3 rings (SSSR count). The number of nitrogens with one attached hydrogen (secondary N) is 1. The summed E-state index contributed by atoms with van der Waals surface area (Å²) in [6.07, 6.45) is 0. The zero-order chi connectivity index (χ0) is 17.8. The molecule has 0 fully saturated rings. The zero-order valence-electron chi connectivity index (χ0n) is 13.2. The van der Waals surface area contributed by atoms with Crippen LogP contribution in [0, 0.1) is 0 Å². The Morgan fingerprint density at radius 3 is 2.76 bits per heavy atom. The first kappa shape index (κ1) is 18.3. The van der Waals surface area contributed by atoms with E-state index in [2.05, 4.69) is 10.3 Å². The fraction of sp³-hybridized carbons (Fsp3) is 0.176. The summed E-state index contributed by atoms with van der Waals surface area (Å²) >= 11 is 15.0. The van der Waals surface area contributed by atoms with Gasteiger partial charge in [-0.15, -0.1) is 11.3 Å². The molecule has 0 aliphatic heterocycles. The lowest BCUT2D eigenvalue weighted by molar-refractivity contribution is -0.113. The van der Waals surface area contributed by atoms with Crippen LogP contribution in [0.15, 0.2) is 40.7 Å². The summed E-state index contributed by atoms with van der Waals surface area (Å²) < 4.78 is 7.35. The lowest BCUT2D eigenvalue weighted by Crippen LogP contribution is -2.14. The van der Waals surface area contributed by atoms with Crippen LogP contribution in [-0.4, -0.2) is 23.3 Å². The first-order chi connectivity index (χ1) is 12.1. The van der Waals surface area contributed by atoms with Gasteiger partial charge in [-0.3, -0.25) is 4.79 Å². The molecule has 1 heterocycles. The van der Waals surface area contributed by atoms with Gasteiger partial charge < -0.3 is 10.1 Å². The summed E-state index contributed by atoms with van der Waals surface area (Å²) in [7, 11) is 0. The first-order valence-corrected chi connectivity index (χ1v) is 10.0. The molecule has 0 bridgehead atoms. The van der Waals surface area contributed by atoms with Crippen molar-refractivity contribution in [3.63, 3.8) is 0 Å². The highest BCUT2D eigenvalue weighted by molar-refractivity contribution is 8.01. The Morgan fingerprint density at radius 1 is 1.28 bits per heavy atom. The number of carbonyl (C=O) groups is 1. The first-order valence-electron chi connectivity index (χ1n) is 7.47. The molecule has 0 atom stereocenters. The molecule has 1 aromatic heterocycles. The molecule has 4 nitrogen and oxygen atoms in total. The number of benzene rings is 2. The van der Waals surface area contributed by atoms with Crippen molar-refractivity contribution in [2.24, 2.45) is 0 Å². The van der Waals surface area contributed by atoms with Crippen molar-refractivity contribution in [1.29, 1.82) is 0 Å². The monoisotopic (exact) mass is 412 g/mol. The number of hydrogen-bond acceptors (Lipinski definition) is 5. The van der Waals surface area contributed by atoms with E-state index in [1.807, 2.05) is 25.1 Å². The second kappa shape index (κ2) is 8.27. The Hall–Kier alpha value is -1.47. The number of fused-ring (bicyclic) bond motifs is 1. The normalized spacial score (nSPS) is 10.8. The quantitative estimate of drug-likeness (QED) is 0.524. The molecule has 0 spiro atoms. The molecular formula is C17H14Cl2N2O2S2. The van der Waals surface area contributed by atoms with E-state index in [-0.39, 0.29) is 11.7 Å². The molecule has 0 saturated carbocycles. The van der Waals surface area contributed by atoms with Gasteiger partial charge in [0.15, 0.2) is 4.34 Å². The minimum absolute atomic E-state index is 0.186. The molecule has 0 aliphatic rings. The number of halogens is 2. The molecular weight excluding hydrogens is 399 g/mol. The Labute approximate surface area is 163 Å².